The van der Waals surface area contributed by atoms with Crippen molar-refractivity contribution in [2.75, 3.05) is 7.11 Å². The molecule has 17 heavy (non-hydrogen) atoms. The van der Waals surface area contributed by atoms with Crippen LogP contribution in [0.2, 0.25) is 0 Å². The molecule has 1 aromatic heterocycles. The van der Waals surface area contributed by atoms with Crippen molar-refractivity contribution in [1.29, 1.82) is 5.26 Å². The van der Waals surface area contributed by atoms with Crippen LogP contribution in [0.4, 0.5) is 0 Å². The zero-order valence-electron chi connectivity index (χ0n) is 8.90. The molecule has 0 radical (unpaired) electrons. The van der Waals surface area contributed by atoms with E-state index in [2.05, 4.69) is 22.0 Å². The predicted octanol–water partition coefficient (Wildman–Crippen LogP) is 3.76. The fraction of sp³-hybridized carbons (Fsp3) is 0.0833. The minimum absolute atomic E-state index is 0.133. The molecule has 0 bridgehead atoms. The van der Waals surface area contributed by atoms with E-state index in [0.717, 1.165) is 9.94 Å². The van der Waals surface area contributed by atoms with Gasteiger partial charge in [0.1, 0.15) is 5.75 Å². The van der Waals surface area contributed by atoms with Gasteiger partial charge in [-0.15, -0.1) is 0 Å². The number of hydrogen-bond acceptors (Lipinski definition) is 4. The molecule has 0 aliphatic heterocycles. The summed E-state index contributed by atoms with van der Waals surface area (Å²) in [4.78, 5) is 0.858. The van der Waals surface area contributed by atoms with Gasteiger partial charge in [0.25, 0.3) is 0 Å². The van der Waals surface area contributed by atoms with E-state index in [1.54, 1.807) is 19.2 Å². The maximum Gasteiger partial charge on any atom is 0.173 e. The van der Waals surface area contributed by atoms with Crippen LogP contribution in [-0.2, 0) is 0 Å². The Balaban J connectivity index is 2.58. The molecule has 1 aromatic carbocycles. The highest BCUT2D eigenvalue weighted by atomic mass is 79.9. The molecular formula is C12H8BrNO2S. The van der Waals surface area contributed by atoms with Gasteiger partial charge in [0, 0.05) is 10.4 Å². The molecule has 0 fully saturated rings. The van der Waals surface area contributed by atoms with Crippen molar-refractivity contribution in [3.05, 3.63) is 34.3 Å². The number of nitriles is 1. The molecular weight excluding hydrogens is 302 g/mol. The van der Waals surface area contributed by atoms with Crippen LogP contribution in [0.5, 0.6) is 10.8 Å². The first-order valence-corrected chi connectivity index (χ1v) is 6.33. The summed E-state index contributed by atoms with van der Waals surface area (Å²) in [5, 5.41) is 19.6. The Kier molecular flexibility index (Phi) is 3.36. The number of phenolic OH excluding ortho intramolecular Hbond substituents is 1. The number of thiophene rings is 1. The van der Waals surface area contributed by atoms with Crippen molar-refractivity contribution in [3.63, 3.8) is 0 Å². The predicted molar refractivity (Wildman–Crippen MR) is 70.4 cm³/mol. The van der Waals surface area contributed by atoms with Crippen LogP contribution < -0.4 is 4.74 Å². The molecule has 1 N–H and O–H groups in total. The highest BCUT2D eigenvalue weighted by Gasteiger charge is 2.12. The Labute approximate surface area is 111 Å². The normalized spacial score (nSPS) is 9.94. The van der Waals surface area contributed by atoms with Crippen molar-refractivity contribution < 1.29 is 9.84 Å². The fourth-order valence-corrected chi connectivity index (χ4v) is 2.72. The monoisotopic (exact) mass is 309 g/mol. The average Bonchev–Trinajstić information content (AvgIpc) is 2.81. The molecule has 0 aliphatic rings. The van der Waals surface area contributed by atoms with Crippen molar-refractivity contribution in [1.82, 2.24) is 0 Å². The lowest BCUT2D eigenvalue weighted by molar-refractivity contribution is 0.427. The van der Waals surface area contributed by atoms with E-state index in [4.69, 9.17) is 10.00 Å². The standard InChI is InChI=1S/C12H8BrNO2S/c1-16-11-3-2-10(17-11)8-4-7(6-14)5-9(13)12(8)15/h2-5,15H,1H3. The van der Waals surface area contributed by atoms with Crippen LogP contribution in [0.15, 0.2) is 28.7 Å². The summed E-state index contributed by atoms with van der Waals surface area (Å²) in [6.07, 6.45) is 0. The molecule has 0 aliphatic carbocycles. The number of rotatable bonds is 2. The molecule has 1 heterocycles. The summed E-state index contributed by atoms with van der Waals surface area (Å²) in [5.41, 5.74) is 1.13. The molecule has 0 unspecified atom stereocenters. The maximum atomic E-state index is 9.96. The van der Waals surface area contributed by atoms with E-state index in [0.29, 0.717) is 15.6 Å². The van der Waals surface area contributed by atoms with Gasteiger partial charge in [0.15, 0.2) is 5.06 Å². The van der Waals surface area contributed by atoms with E-state index in [1.165, 1.54) is 11.3 Å². The molecule has 3 nitrogen and oxygen atoms in total. The van der Waals surface area contributed by atoms with Gasteiger partial charge in [-0.25, -0.2) is 0 Å². The number of phenols is 1. The van der Waals surface area contributed by atoms with E-state index < -0.39 is 0 Å². The Morgan fingerprint density at radius 1 is 1.41 bits per heavy atom. The second-order valence-electron chi connectivity index (χ2n) is 3.29. The zero-order chi connectivity index (χ0) is 12.4. The topological polar surface area (TPSA) is 53.2 Å². The van der Waals surface area contributed by atoms with Gasteiger partial charge in [-0.3, -0.25) is 0 Å². The number of nitrogens with zero attached hydrogens (tertiary/aromatic N) is 1. The van der Waals surface area contributed by atoms with Crippen molar-refractivity contribution in [2.45, 2.75) is 0 Å². The lowest BCUT2D eigenvalue weighted by Crippen LogP contribution is -1.81. The van der Waals surface area contributed by atoms with Crippen LogP contribution in [0.3, 0.4) is 0 Å². The third-order valence-corrected chi connectivity index (χ3v) is 3.92. The second-order valence-corrected chi connectivity index (χ2v) is 5.19. The summed E-state index contributed by atoms with van der Waals surface area (Å²) in [5.74, 6) is 0.133. The Bertz CT molecular complexity index is 601. The smallest absolute Gasteiger partial charge is 0.173 e. The highest BCUT2D eigenvalue weighted by Crippen LogP contribution is 2.41. The molecule has 0 saturated carbocycles. The molecule has 0 atom stereocenters. The van der Waals surface area contributed by atoms with Crippen LogP contribution in [0.25, 0.3) is 10.4 Å². The number of methoxy groups -OCH3 is 1. The number of benzene rings is 1. The quantitative estimate of drug-likeness (QED) is 0.919. The van der Waals surface area contributed by atoms with Crippen LogP contribution in [0.1, 0.15) is 5.56 Å². The minimum atomic E-state index is 0.133. The van der Waals surface area contributed by atoms with Gasteiger partial charge in [-0.1, -0.05) is 11.3 Å². The van der Waals surface area contributed by atoms with Crippen molar-refractivity contribution in [2.24, 2.45) is 0 Å². The van der Waals surface area contributed by atoms with Crippen LogP contribution in [0, 0.1) is 11.3 Å². The number of ether oxygens (including phenoxy) is 1. The molecule has 86 valence electrons. The average molecular weight is 310 g/mol. The molecule has 5 heteroatoms. The highest BCUT2D eigenvalue weighted by molar-refractivity contribution is 9.10. The van der Waals surface area contributed by atoms with E-state index in [-0.39, 0.29) is 5.75 Å². The molecule has 2 rings (SSSR count). The van der Waals surface area contributed by atoms with Crippen molar-refractivity contribution in [3.8, 4) is 27.3 Å². The summed E-state index contributed by atoms with van der Waals surface area (Å²) >= 11 is 4.65. The summed E-state index contributed by atoms with van der Waals surface area (Å²) in [6, 6.07) is 8.98. The third kappa shape index (κ3) is 2.28. The van der Waals surface area contributed by atoms with Crippen molar-refractivity contribution >= 4 is 27.3 Å². The Morgan fingerprint density at radius 3 is 2.76 bits per heavy atom. The molecule has 2 aromatic rings. The fourth-order valence-electron chi connectivity index (χ4n) is 1.43. The minimum Gasteiger partial charge on any atom is -0.506 e. The molecule has 0 amide bonds. The first-order chi connectivity index (χ1) is 8.15. The Morgan fingerprint density at radius 2 is 2.18 bits per heavy atom. The maximum absolute atomic E-state index is 9.96. The summed E-state index contributed by atoms with van der Waals surface area (Å²) in [7, 11) is 1.59. The summed E-state index contributed by atoms with van der Waals surface area (Å²) < 4.78 is 5.62. The van der Waals surface area contributed by atoms with Gasteiger partial charge in [-0.05, 0) is 40.2 Å². The van der Waals surface area contributed by atoms with Gasteiger partial charge >= 0.3 is 0 Å². The van der Waals surface area contributed by atoms with E-state index >= 15 is 0 Å². The third-order valence-electron chi connectivity index (χ3n) is 2.24. The van der Waals surface area contributed by atoms with Crippen LogP contribution in [-0.4, -0.2) is 12.2 Å². The van der Waals surface area contributed by atoms with E-state index in [1.807, 2.05) is 12.1 Å². The molecule has 0 saturated heterocycles. The zero-order valence-corrected chi connectivity index (χ0v) is 11.3. The molecule has 0 spiro atoms. The largest absolute Gasteiger partial charge is 0.506 e. The number of aromatic hydroxyl groups is 1. The van der Waals surface area contributed by atoms with E-state index in [9.17, 15) is 5.11 Å². The number of hydrogen-bond donors (Lipinski definition) is 1. The summed E-state index contributed by atoms with van der Waals surface area (Å²) in [6.45, 7) is 0. The van der Waals surface area contributed by atoms with Gasteiger partial charge < -0.3 is 9.84 Å². The lowest BCUT2D eigenvalue weighted by Gasteiger charge is -2.04. The number of halogens is 1. The second kappa shape index (κ2) is 4.78. The SMILES string of the molecule is COc1ccc(-c2cc(C#N)cc(Br)c2O)s1. The first kappa shape index (κ1) is 12.0. The van der Waals surface area contributed by atoms with Gasteiger partial charge in [0.2, 0.25) is 0 Å². The Hall–Kier alpha value is -1.51. The van der Waals surface area contributed by atoms with Gasteiger partial charge in [0.05, 0.1) is 23.2 Å². The van der Waals surface area contributed by atoms with Crippen LogP contribution >= 0.6 is 27.3 Å². The first-order valence-electron chi connectivity index (χ1n) is 4.72. The lowest BCUT2D eigenvalue weighted by atomic mass is 10.1. The van der Waals surface area contributed by atoms with Gasteiger partial charge in [-0.2, -0.15) is 5.26 Å².